The molecule has 5 nitrogen and oxygen atoms in total. The molecule has 0 radical (unpaired) electrons. The summed E-state index contributed by atoms with van der Waals surface area (Å²) in [5.41, 5.74) is 6.02. The van der Waals surface area contributed by atoms with Crippen molar-refractivity contribution in [1.82, 2.24) is 15.1 Å². The molecule has 1 amide bonds. The molecular weight excluding hydrogens is 264 g/mol. The highest BCUT2D eigenvalue weighted by Gasteiger charge is 2.30. The SMILES string of the molecule is CN1CCN(C(C)(C)CNC(=O)CC(N)C(C)(C)C)CC1. The summed E-state index contributed by atoms with van der Waals surface area (Å²) in [7, 11) is 2.15. The van der Waals surface area contributed by atoms with E-state index < -0.39 is 0 Å². The van der Waals surface area contributed by atoms with Crippen LogP contribution < -0.4 is 11.1 Å². The molecular formula is C16H34N4O. The number of amides is 1. The summed E-state index contributed by atoms with van der Waals surface area (Å²) >= 11 is 0. The predicted molar refractivity (Wildman–Crippen MR) is 88.2 cm³/mol. The fourth-order valence-electron chi connectivity index (χ4n) is 2.42. The largest absolute Gasteiger partial charge is 0.354 e. The molecule has 1 saturated heterocycles. The second kappa shape index (κ2) is 7.07. The van der Waals surface area contributed by atoms with Crippen molar-refractivity contribution in [2.24, 2.45) is 11.1 Å². The lowest BCUT2D eigenvalue weighted by molar-refractivity contribution is -0.122. The Bertz CT molecular complexity index is 341. The van der Waals surface area contributed by atoms with Crippen LogP contribution in [0.3, 0.4) is 0 Å². The third kappa shape index (κ3) is 5.93. The number of hydrogen-bond donors (Lipinski definition) is 2. The van der Waals surface area contributed by atoms with E-state index in [9.17, 15) is 4.79 Å². The Morgan fingerprint density at radius 1 is 1.14 bits per heavy atom. The standard InChI is InChI=1S/C16H34N4O/c1-15(2,3)13(17)11-14(21)18-12-16(4,5)20-9-7-19(6)8-10-20/h13H,7-12,17H2,1-6H3,(H,18,21). The Morgan fingerprint density at radius 3 is 2.14 bits per heavy atom. The zero-order valence-corrected chi connectivity index (χ0v) is 14.7. The average Bonchev–Trinajstić information content (AvgIpc) is 2.36. The zero-order valence-electron chi connectivity index (χ0n) is 14.7. The Morgan fingerprint density at radius 2 is 1.67 bits per heavy atom. The van der Waals surface area contributed by atoms with E-state index in [1.165, 1.54) is 0 Å². The summed E-state index contributed by atoms with van der Waals surface area (Å²) in [6.07, 6.45) is 0.391. The van der Waals surface area contributed by atoms with Gasteiger partial charge in [0.05, 0.1) is 0 Å². The molecule has 124 valence electrons. The van der Waals surface area contributed by atoms with Gasteiger partial charge in [-0.3, -0.25) is 9.69 Å². The molecule has 1 heterocycles. The van der Waals surface area contributed by atoms with E-state index in [0.717, 1.165) is 26.2 Å². The number of piperazine rings is 1. The van der Waals surface area contributed by atoms with Crippen LogP contribution in [0.25, 0.3) is 0 Å². The molecule has 3 N–H and O–H groups in total. The monoisotopic (exact) mass is 298 g/mol. The molecule has 1 fully saturated rings. The summed E-state index contributed by atoms with van der Waals surface area (Å²) < 4.78 is 0. The maximum atomic E-state index is 12.1. The van der Waals surface area contributed by atoms with E-state index in [1.54, 1.807) is 0 Å². The van der Waals surface area contributed by atoms with Gasteiger partial charge in [0, 0.05) is 50.7 Å². The van der Waals surface area contributed by atoms with Crippen LogP contribution in [0.5, 0.6) is 0 Å². The van der Waals surface area contributed by atoms with Gasteiger partial charge in [-0.25, -0.2) is 0 Å². The van der Waals surface area contributed by atoms with Crippen LogP contribution in [0.2, 0.25) is 0 Å². The fourth-order valence-corrected chi connectivity index (χ4v) is 2.42. The van der Waals surface area contributed by atoms with Crippen LogP contribution in [0.1, 0.15) is 41.0 Å². The summed E-state index contributed by atoms with van der Waals surface area (Å²) in [5.74, 6) is 0.0552. The number of rotatable bonds is 5. The molecule has 21 heavy (non-hydrogen) atoms. The first-order valence-electron chi connectivity index (χ1n) is 7.98. The smallest absolute Gasteiger partial charge is 0.221 e. The Hall–Kier alpha value is -0.650. The molecule has 5 heteroatoms. The van der Waals surface area contributed by atoms with Gasteiger partial charge in [0.2, 0.25) is 5.91 Å². The first-order chi connectivity index (χ1) is 9.52. The van der Waals surface area contributed by atoms with Crippen molar-refractivity contribution >= 4 is 5.91 Å². The summed E-state index contributed by atoms with van der Waals surface area (Å²) in [6.45, 7) is 15.6. The molecule has 0 aliphatic carbocycles. The predicted octanol–water partition coefficient (Wildman–Crippen LogP) is 0.892. The van der Waals surface area contributed by atoms with Gasteiger partial charge in [0.1, 0.15) is 0 Å². The highest BCUT2D eigenvalue weighted by molar-refractivity contribution is 5.76. The summed E-state index contributed by atoms with van der Waals surface area (Å²) in [6, 6.07) is -0.107. The molecule has 0 saturated carbocycles. The van der Waals surface area contributed by atoms with Gasteiger partial charge in [0.25, 0.3) is 0 Å². The van der Waals surface area contributed by atoms with Crippen molar-refractivity contribution in [3.05, 3.63) is 0 Å². The fraction of sp³-hybridized carbons (Fsp3) is 0.938. The number of hydrogen-bond acceptors (Lipinski definition) is 4. The molecule has 1 atom stereocenters. The number of carbonyl (C=O) groups excluding carboxylic acids is 1. The molecule has 0 bridgehead atoms. The van der Waals surface area contributed by atoms with E-state index >= 15 is 0 Å². The van der Waals surface area contributed by atoms with Crippen molar-refractivity contribution < 1.29 is 4.79 Å². The zero-order chi connectivity index (χ0) is 16.3. The van der Waals surface area contributed by atoms with Gasteiger partial charge in [-0.2, -0.15) is 0 Å². The number of nitrogens with zero attached hydrogens (tertiary/aromatic N) is 2. The second-order valence-electron chi connectivity index (χ2n) is 8.06. The van der Waals surface area contributed by atoms with Crippen LogP contribution in [0, 0.1) is 5.41 Å². The van der Waals surface area contributed by atoms with Crippen molar-refractivity contribution in [3.8, 4) is 0 Å². The minimum absolute atomic E-state index is 0.0112. The van der Waals surface area contributed by atoms with Crippen molar-refractivity contribution in [3.63, 3.8) is 0 Å². The minimum atomic E-state index is -0.107. The molecule has 0 aromatic heterocycles. The first kappa shape index (κ1) is 18.4. The molecule has 1 rings (SSSR count). The Balaban J connectivity index is 2.40. The maximum Gasteiger partial charge on any atom is 0.221 e. The highest BCUT2D eigenvalue weighted by Crippen LogP contribution is 2.20. The number of nitrogens with one attached hydrogen (secondary N) is 1. The van der Waals surface area contributed by atoms with Crippen molar-refractivity contribution in [1.29, 1.82) is 0 Å². The van der Waals surface area contributed by atoms with E-state index in [1.807, 2.05) is 0 Å². The molecule has 0 aromatic rings. The first-order valence-corrected chi connectivity index (χ1v) is 7.98. The van der Waals surface area contributed by atoms with Crippen molar-refractivity contribution in [2.45, 2.75) is 52.6 Å². The van der Waals surface area contributed by atoms with Gasteiger partial charge in [-0.05, 0) is 26.3 Å². The lowest BCUT2D eigenvalue weighted by Gasteiger charge is -2.43. The van der Waals surface area contributed by atoms with Crippen LogP contribution in [-0.2, 0) is 4.79 Å². The summed E-state index contributed by atoms with van der Waals surface area (Å²) in [4.78, 5) is 16.9. The number of carbonyl (C=O) groups is 1. The summed E-state index contributed by atoms with van der Waals surface area (Å²) in [5, 5.41) is 3.06. The minimum Gasteiger partial charge on any atom is -0.354 e. The molecule has 1 unspecified atom stereocenters. The van der Waals surface area contributed by atoms with Gasteiger partial charge < -0.3 is 16.0 Å². The molecule has 0 spiro atoms. The van der Waals surface area contributed by atoms with Gasteiger partial charge in [0.15, 0.2) is 0 Å². The lowest BCUT2D eigenvalue weighted by Crippen LogP contribution is -2.58. The quantitative estimate of drug-likeness (QED) is 0.791. The Kier molecular flexibility index (Phi) is 6.20. The lowest BCUT2D eigenvalue weighted by atomic mass is 9.85. The van der Waals surface area contributed by atoms with E-state index in [4.69, 9.17) is 5.73 Å². The molecule has 1 aliphatic rings. The van der Waals surface area contributed by atoms with E-state index in [2.05, 4.69) is 56.8 Å². The van der Waals surface area contributed by atoms with Crippen molar-refractivity contribution in [2.75, 3.05) is 39.8 Å². The van der Waals surface area contributed by atoms with E-state index in [0.29, 0.717) is 13.0 Å². The van der Waals surface area contributed by atoms with E-state index in [-0.39, 0.29) is 22.9 Å². The Labute approximate surface area is 130 Å². The molecule has 0 aromatic carbocycles. The maximum absolute atomic E-state index is 12.1. The van der Waals surface area contributed by atoms with Crippen LogP contribution in [-0.4, -0.2) is 67.1 Å². The number of likely N-dealkylation sites (N-methyl/N-ethyl adjacent to an activating group) is 1. The van der Waals surface area contributed by atoms with Gasteiger partial charge in [-0.15, -0.1) is 0 Å². The number of nitrogens with two attached hydrogens (primary N) is 1. The third-order valence-electron chi connectivity index (χ3n) is 4.60. The average molecular weight is 298 g/mol. The van der Waals surface area contributed by atoms with Gasteiger partial charge >= 0.3 is 0 Å². The highest BCUT2D eigenvalue weighted by atomic mass is 16.1. The topological polar surface area (TPSA) is 61.6 Å². The van der Waals surface area contributed by atoms with Gasteiger partial charge in [-0.1, -0.05) is 20.8 Å². The normalized spacial score (nSPS) is 20.3. The second-order valence-corrected chi connectivity index (χ2v) is 8.06. The van der Waals surface area contributed by atoms with Crippen LogP contribution in [0.15, 0.2) is 0 Å². The third-order valence-corrected chi connectivity index (χ3v) is 4.60. The van der Waals surface area contributed by atoms with Crippen LogP contribution in [0.4, 0.5) is 0 Å². The molecule has 1 aliphatic heterocycles. The van der Waals surface area contributed by atoms with Crippen LogP contribution >= 0.6 is 0 Å².